The van der Waals surface area contributed by atoms with E-state index in [2.05, 4.69) is 32.2 Å². The Morgan fingerprint density at radius 3 is 2.48 bits per heavy atom. The first-order valence-electron chi connectivity index (χ1n) is 8.36. The summed E-state index contributed by atoms with van der Waals surface area (Å²) in [6, 6.07) is 12.1. The fraction of sp³-hybridized carbons (Fsp3) is 0.286. The molecule has 0 N–H and O–H groups in total. The summed E-state index contributed by atoms with van der Waals surface area (Å²) in [4.78, 5) is 13.1. The minimum Gasteiger partial charge on any atom is -0.463 e. The predicted octanol–water partition coefficient (Wildman–Crippen LogP) is 4.08. The lowest BCUT2D eigenvalue weighted by Gasteiger charge is -2.21. The van der Waals surface area contributed by atoms with Crippen LogP contribution < -0.4 is 10.8 Å². The van der Waals surface area contributed by atoms with Gasteiger partial charge in [0.25, 0.3) is 0 Å². The molecule has 0 aliphatic rings. The molecular weight excluding hydrogens is 332 g/mol. The van der Waals surface area contributed by atoms with Crippen LogP contribution in [0.15, 0.2) is 46.2 Å². The van der Waals surface area contributed by atoms with Crippen LogP contribution in [-0.2, 0) is 9.53 Å². The van der Waals surface area contributed by atoms with Crippen molar-refractivity contribution in [1.82, 2.24) is 0 Å². The summed E-state index contributed by atoms with van der Waals surface area (Å²) in [6.07, 6.45) is 1.43. The van der Waals surface area contributed by atoms with Gasteiger partial charge in [0, 0.05) is 21.2 Å². The number of hydrogen-bond acceptors (Lipinski definition) is 4. The second-order valence-corrected chi connectivity index (χ2v) is 7.79. The lowest BCUT2D eigenvalue weighted by atomic mass is 9.85. The van der Waals surface area contributed by atoms with Gasteiger partial charge in [-0.2, -0.15) is 0 Å². The van der Waals surface area contributed by atoms with Crippen LogP contribution >= 0.6 is 11.3 Å². The first kappa shape index (κ1) is 17.5. The maximum Gasteiger partial charge on any atom is 0.334 e. The van der Waals surface area contributed by atoms with E-state index in [4.69, 9.17) is 9.15 Å². The molecule has 0 saturated carbocycles. The third-order valence-electron chi connectivity index (χ3n) is 3.93. The maximum absolute atomic E-state index is 11.9. The minimum atomic E-state index is -0.387. The second kappa shape index (κ2) is 6.89. The molecule has 0 amide bonds. The second-order valence-electron chi connectivity index (χ2n) is 6.84. The van der Waals surface area contributed by atoms with E-state index >= 15 is 0 Å². The van der Waals surface area contributed by atoms with Gasteiger partial charge in [0.2, 0.25) is 0 Å². The van der Waals surface area contributed by atoms with Crippen molar-refractivity contribution >= 4 is 39.7 Å². The summed E-state index contributed by atoms with van der Waals surface area (Å²) in [6.45, 7) is 8.66. The van der Waals surface area contributed by atoms with Crippen molar-refractivity contribution in [2.45, 2.75) is 27.7 Å². The van der Waals surface area contributed by atoms with Crippen molar-refractivity contribution in [2.24, 2.45) is 5.41 Å². The maximum atomic E-state index is 11.9. The van der Waals surface area contributed by atoms with Gasteiger partial charge in [-0.05, 0) is 23.8 Å². The molecule has 3 rings (SSSR count). The highest BCUT2D eigenvalue weighted by Gasteiger charge is 2.23. The number of esters is 1. The molecule has 0 unspecified atom stereocenters. The van der Waals surface area contributed by atoms with Gasteiger partial charge in [-0.1, -0.05) is 51.1 Å². The highest BCUT2D eigenvalue weighted by molar-refractivity contribution is 7.11. The molecule has 0 saturated heterocycles. The van der Waals surface area contributed by atoms with Gasteiger partial charge in [-0.15, -0.1) is 11.3 Å². The van der Waals surface area contributed by atoms with Crippen LogP contribution in [0.25, 0.3) is 22.4 Å². The number of hydrogen-bond donors (Lipinski definition) is 0. The van der Waals surface area contributed by atoms with Gasteiger partial charge in [-0.25, -0.2) is 4.79 Å². The van der Waals surface area contributed by atoms with Crippen LogP contribution in [0, 0.1) is 5.41 Å². The van der Waals surface area contributed by atoms with Crippen molar-refractivity contribution < 1.29 is 13.9 Å². The molecule has 0 radical (unpaired) electrons. The molecular formula is C21H22O3S. The Balaban J connectivity index is 2.42. The first-order valence-corrected chi connectivity index (χ1v) is 9.24. The van der Waals surface area contributed by atoms with Crippen molar-refractivity contribution in [3.8, 4) is 0 Å². The Bertz CT molecular complexity index is 1000. The summed E-state index contributed by atoms with van der Waals surface area (Å²) in [5, 5.41) is 4.00. The zero-order valence-electron chi connectivity index (χ0n) is 15.0. The van der Waals surface area contributed by atoms with Crippen LogP contribution in [0.3, 0.4) is 0 Å². The molecule has 130 valence electrons. The Labute approximate surface area is 151 Å². The molecule has 4 heteroatoms. The van der Waals surface area contributed by atoms with Crippen molar-refractivity contribution in [3.05, 3.63) is 57.5 Å². The molecule has 0 aliphatic carbocycles. The largest absolute Gasteiger partial charge is 0.463 e. The van der Waals surface area contributed by atoms with Gasteiger partial charge in [0.05, 0.1) is 12.7 Å². The number of rotatable bonds is 3. The zero-order valence-corrected chi connectivity index (χ0v) is 15.8. The molecule has 0 atom stereocenters. The van der Waals surface area contributed by atoms with E-state index in [-0.39, 0.29) is 11.4 Å². The molecule has 3 aromatic rings. The van der Waals surface area contributed by atoms with Gasteiger partial charge >= 0.3 is 5.97 Å². The van der Waals surface area contributed by atoms with E-state index in [0.717, 1.165) is 21.8 Å². The smallest absolute Gasteiger partial charge is 0.334 e. The van der Waals surface area contributed by atoms with Gasteiger partial charge in [0.15, 0.2) is 0 Å². The number of thiophene rings is 1. The molecule has 25 heavy (non-hydrogen) atoms. The minimum absolute atomic E-state index is 0.104. The average Bonchev–Trinajstić information content (AvgIpc) is 3.17. The van der Waals surface area contributed by atoms with Crippen LogP contribution in [0.1, 0.15) is 32.6 Å². The Kier molecular flexibility index (Phi) is 4.82. The number of carbonyl (C=O) groups excluding carboxylic acids is 1. The molecule has 2 heterocycles. The average molecular weight is 354 g/mol. The molecule has 3 nitrogen and oxygen atoms in total. The first-order chi connectivity index (χ1) is 11.9. The number of fused-ring (bicyclic) bond motifs is 1. The lowest BCUT2D eigenvalue weighted by molar-refractivity contribution is -0.135. The van der Waals surface area contributed by atoms with Crippen LogP contribution in [0.5, 0.6) is 0 Å². The number of carbonyl (C=O) groups is 1. The van der Waals surface area contributed by atoms with Crippen molar-refractivity contribution in [3.63, 3.8) is 0 Å². The third kappa shape index (κ3) is 3.54. The van der Waals surface area contributed by atoms with E-state index in [1.54, 1.807) is 18.3 Å². The predicted molar refractivity (Wildman–Crippen MR) is 103 cm³/mol. The third-order valence-corrected chi connectivity index (χ3v) is 4.82. The quantitative estimate of drug-likeness (QED) is 0.665. The van der Waals surface area contributed by atoms with Crippen molar-refractivity contribution in [2.75, 3.05) is 6.61 Å². The van der Waals surface area contributed by atoms with Gasteiger partial charge in [0.1, 0.15) is 10.8 Å². The fourth-order valence-corrected chi connectivity index (χ4v) is 3.92. The van der Waals surface area contributed by atoms with Crippen LogP contribution in [0.2, 0.25) is 0 Å². The summed E-state index contributed by atoms with van der Waals surface area (Å²) >= 11 is 1.69. The summed E-state index contributed by atoms with van der Waals surface area (Å²) < 4.78 is 11.3. The molecule has 0 aliphatic heterocycles. The standard InChI is InChI=1S/C21H22O3S/c1-5-23-18(22)13-16-14-9-6-7-10-15(14)20(24-16)19(21(2,3)4)17-11-8-12-25-17/h6-13H,5H2,1-4H3/b16-13+,20-19+. The number of furan rings is 1. The highest BCUT2D eigenvalue weighted by atomic mass is 32.1. The molecule has 0 fully saturated rings. The molecule has 0 spiro atoms. The normalized spacial score (nSPS) is 14.0. The molecule has 0 bridgehead atoms. The summed E-state index contributed by atoms with van der Waals surface area (Å²) in [5.74, 6) is -0.387. The van der Waals surface area contributed by atoms with Crippen molar-refractivity contribution in [1.29, 1.82) is 0 Å². The highest BCUT2D eigenvalue weighted by Crippen LogP contribution is 2.34. The topological polar surface area (TPSA) is 39.4 Å². The van der Waals surface area contributed by atoms with Crippen LogP contribution in [0.4, 0.5) is 0 Å². The number of benzene rings is 1. The van der Waals surface area contributed by atoms with E-state index in [1.807, 2.05) is 30.3 Å². The Morgan fingerprint density at radius 2 is 1.88 bits per heavy atom. The zero-order chi connectivity index (χ0) is 18.0. The van der Waals surface area contributed by atoms with E-state index in [0.29, 0.717) is 12.0 Å². The van der Waals surface area contributed by atoms with Gasteiger partial charge in [-0.3, -0.25) is 0 Å². The summed E-state index contributed by atoms with van der Waals surface area (Å²) in [5.41, 5.74) is 2.40. The molecule has 2 aromatic heterocycles. The SMILES string of the molecule is CCOC(=O)/C=c1/o/c(=C(\c2cccs2)C(C)(C)C)c2ccccc12. The van der Waals surface area contributed by atoms with E-state index < -0.39 is 0 Å². The number of ether oxygens (including phenoxy) is 1. The van der Waals surface area contributed by atoms with Gasteiger partial charge < -0.3 is 9.15 Å². The summed E-state index contributed by atoms with van der Waals surface area (Å²) in [7, 11) is 0. The lowest BCUT2D eigenvalue weighted by Crippen LogP contribution is -2.18. The van der Waals surface area contributed by atoms with Crippen LogP contribution in [-0.4, -0.2) is 12.6 Å². The Morgan fingerprint density at radius 1 is 1.16 bits per heavy atom. The van der Waals surface area contributed by atoms with E-state index in [1.165, 1.54) is 11.0 Å². The van der Waals surface area contributed by atoms with E-state index in [9.17, 15) is 4.79 Å². The Hall–Kier alpha value is -2.33. The fourth-order valence-electron chi connectivity index (χ4n) is 2.94. The monoisotopic (exact) mass is 354 g/mol. The molecule has 1 aromatic carbocycles.